The zero-order chi connectivity index (χ0) is 16.1. The first-order valence-electron chi connectivity index (χ1n) is 6.79. The molecule has 6 nitrogen and oxygen atoms in total. The van der Waals surface area contributed by atoms with Gasteiger partial charge in [0.1, 0.15) is 11.6 Å². The van der Waals surface area contributed by atoms with Gasteiger partial charge in [0, 0.05) is 4.88 Å². The molecule has 0 saturated heterocycles. The van der Waals surface area contributed by atoms with Crippen molar-refractivity contribution >= 4 is 11.3 Å². The summed E-state index contributed by atoms with van der Waals surface area (Å²) in [6, 6.07) is 5.78. The molecule has 0 aliphatic heterocycles. The van der Waals surface area contributed by atoms with Crippen molar-refractivity contribution in [3.8, 4) is 6.07 Å². The molecule has 2 aromatic heterocycles. The Labute approximate surface area is 132 Å². The zero-order valence-electron chi connectivity index (χ0n) is 12.4. The van der Waals surface area contributed by atoms with E-state index in [4.69, 9.17) is 10.00 Å². The van der Waals surface area contributed by atoms with E-state index in [1.807, 2.05) is 23.6 Å². The van der Waals surface area contributed by atoms with Crippen LogP contribution < -0.4 is 5.56 Å². The second kappa shape index (κ2) is 7.31. The number of aryl methyl sites for hydroxylation is 1. The monoisotopic (exact) mass is 319 g/mol. The summed E-state index contributed by atoms with van der Waals surface area (Å²) in [7, 11) is 0. The van der Waals surface area contributed by atoms with Crippen LogP contribution in [0.3, 0.4) is 0 Å². The summed E-state index contributed by atoms with van der Waals surface area (Å²) in [4.78, 5) is 13.2. The third-order valence-electron chi connectivity index (χ3n) is 3.27. The van der Waals surface area contributed by atoms with Crippen molar-refractivity contribution in [3.63, 3.8) is 0 Å². The van der Waals surface area contributed by atoms with E-state index in [0.717, 1.165) is 9.56 Å². The molecule has 0 radical (unpaired) electrons. The van der Waals surface area contributed by atoms with Crippen molar-refractivity contribution in [1.82, 2.24) is 9.78 Å². The van der Waals surface area contributed by atoms with Crippen LogP contribution in [-0.4, -0.2) is 27.6 Å². The Bertz CT molecular complexity index is 732. The van der Waals surface area contributed by atoms with Crippen molar-refractivity contribution in [2.24, 2.45) is 0 Å². The largest absolute Gasteiger partial charge is 0.389 e. The lowest BCUT2D eigenvalue weighted by Crippen LogP contribution is -2.33. The number of hydrogen-bond acceptors (Lipinski definition) is 6. The van der Waals surface area contributed by atoms with E-state index < -0.39 is 11.7 Å². The number of thiophene rings is 1. The van der Waals surface area contributed by atoms with Crippen LogP contribution in [0.2, 0.25) is 0 Å². The van der Waals surface area contributed by atoms with Gasteiger partial charge in [0.05, 0.1) is 31.6 Å². The molecular formula is C15H17N3O3S. The first kappa shape index (κ1) is 16.4. The average molecular weight is 319 g/mol. The molecule has 1 N–H and O–H groups in total. The zero-order valence-corrected chi connectivity index (χ0v) is 13.3. The molecule has 1 unspecified atom stereocenters. The average Bonchev–Trinajstić information content (AvgIpc) is 2.99. The summed E-state index contributed by atoms with van der Waals surface area (Å²) in [6.07, 6.45) is -0.862. The second-order valence-electron chi connectivity index (χ2n) is 4.93. The summed E-state index contributed by atoms with van der Waals surface area (Å²) < 4.78 is 6.54. The number of rotatable bonds is 6. The van der Waals surface area contributed by atoms with Crippen molar-refractivity contribution in [2.45, 2.75) is 33.1 Å². The molecule has 0 bridgehead atoms. The predicted octanol–water partition coefficient (Wildman–Crippen LogP) is 1.37. The molecule has 2 aromatic rings. The number of nitriles is 1. The van der Waals surface area contributed by atoms with Crippen molar-refractivity contribution in [1.29, 1.82) is 5.26 Å². The lowest BCUT2D eigenvalue weighted by atomic mass is 10.1. The standard InChI is InChI=1S/C15H17N3O3S/c1-10-11(2)17-18(15(20)14(10)6-16)7-12(19)8-21-9-13-4-3-5-22-13/h3-5,12,19H,7-9H2,1-2H3. The highest BCUT2D eigenvalue weighted by Gasteiger charge is 2.14. The molecule has 2 rings (SSSR count). The van der Waals surface area contributed by atoms with E-state index in [9.17, 15) is 9.90 Å². The Balaban J connectivity index is 2.00. The van der Waals surface area contributed by atoms with E-state index >= 15 is 0 Å². The van der Waals surface area contributed by atoms with Gasteiger partial charge in [0.15, 0.2) is 0 Å². The van der Waals surface area contributed by atoms with Gasteiger partial charge in [-0.2, -0.15) is 10.4 Å². The fourth-order valence-electron chi connectivity index (χ4n) is 1.97. The quantitative estimate of drug-likeness (QED) is 0.869. The molecule has 0 aliphatic rings. The van der Waals surface area contributed by atoms with Gasteiger partial charge in [-0.15, -0.1) is 11.3 Å². The van der Waals surface area contributed by atoms with Gasteiger partial charge in [-0.1, -0.05) is 6.07 Å². The molecule has 0 aromatic carbocycles. The van der Waals surface area contributed by atoms with E-state index in [0.29, 0.717) is 17.9 Å². The third kappa shape index (κ3) is 3.80. The topological polar surface area (TPSA) is 88.1 Å². The molecule has 0 saturated carbocycles. The van der Waals surface area contributed by atoms with Crippen molar-refractivity contribution in [2.75, 3.05) is 6.61 Å². The number of nitrogens with zero attached hydrogens (tertiary/aromatic N) is 3. The van der Waals surface area contributed by atoms with Crippen LogP contribution in [0.15, 0.2) is 22.3 Å². The van der Waals surface area contributed by atoms with Crippen LogP contribution in [0, 0.1) is 25.2 Å². The maximum Gasteiger partial charge on any atom is 0.285 e. The molecule has 0 amide bonds. The summed E-state index contributed by atoms with van der Waals surface area (Å²) in [5.41, 5.74) is 0.761. The lowest BCUT2D eigenvalue weighted by molar-refractivity contribution is 0.0188. The van der Waals surface area contributed by atoms with Crippen LogP contribution >= 0.6 is 11.3 Å². The minimum atomic E-state index is -0.862. The summed E-state index contributed by atoms with van der Waals surface area (Å²) in [5.74, 6) is 0. The summed E-state index contributed by atoms with van der Waals surface area (Å²) in [6.45, 7) is 3.94. The molecule has 0 fully saturated rings. The molecule has 0 aliphatic carbocycles. The Kier molecular flexibility index (Phi) is 5.44. The summed E-state index contributed by atoms with van der Waals surface area (Å²) >= 11 is 1.58. The van der Waals surface area contributed by atoms with Gasteiger partial charge in [-0.05, 0) is 30.9 Å². The minimum Gasteiger partial charge on any atom is -0.389 e. The molecule has 22 heavy (non-hydrogen) atoms. The number of aromatic nitrogens is 2. The SMILES string of the molecule is Cc1nn(CC(O)COCc2cccs2)c(=O)c(C#N)c1C. The lowest BCUT2D eigenvalue weighted by Gasteiger charge is -2.13. The minimum absolute atomic E-state index is 0.000919. The maximum atomic E-state index is 12.1. The molecule has 7 heteroatoms. The van der Waals surface area contributed by atoms with E-state index in [2.05, 4.69) is 5.10 Å². The van der Waals surface area contributed by atoms with Gasteiger partial charge in [0.25, 0.3) is 5.56 Å². The van der Waals surface area contributed by atoms with Crippen LogP contribution in [0.5, 0.6) is 0 Å². The fraction of sp³-hybridized carbons (Fsp3) is 0.400. The van der Waals surface area contributed by atoms with Gasteiger partial charge in [0.2, 0.25) is 0 Å². The van der Waals surface area contributed by atoms with Gasteiger partial charge >= 0.3 is 0 Å². The predicted molar refractivity (Wildman–Crippen MR) is 82.7 cm³/mol. The Morgan fingerprint density at radius 2 is 2.32 bits per heavy atom. The smallest absolute Gasteiger partial charge is 0.285 e. The Hall–Kier alpha value is -2.01. The highest BCUT2D eigenvalue weighted by atomic mass is 32.1. The number of hydrogen-bond donors (Lipinski definition) is 1. The van der Waals surface area contributed by atoms with Crippen molar-refractivity contribution in [3.05, 3.63) is 49.6 Å². The normalized spacial score (nSPS) is 12.1. The molecular weight excluding hydrogens is 302 g/mol. The molecule has 0 spiro atoms. The second-order valence-corrected chi connectivity index (χ2v) is 5.97. The highest BCUT2D eigenvalue weighted by molar-refractivity contribution is 7.09. The Morgan fingerprint density at radius 3 is 2.95 bits per heavy atom. The first-order chi connectivity index (χ1) is 10.5. The van der Waals surface area contributed by atoms with Crippen LogP contribution in [0.1, 0.15) is 21.7 Å². The van der Waals surface area contributed by atoms with E-state index in [1.54, 1.807) is 25.2 Å². The number of aliphatic hydroxyl groups excluding tert-OH is 1. The highest BCUT2D eigenvalue weighted by Crippen LogP contribution is 2.10. The van der Waals surface area contributed by atoms with Gasteiger partial charge in [-0.3, -0.25) is 4.79 Å². The van der Waals surface area contributed by atoms with E-state index in [-0.39, 0.29) is 18.7 Å². The van der Waals surface area contributed by atoms with Gasteiger partial charge in [-0.25, -0.2) is 4.68 Å². The van der Waals surface area contributed by atoms with E-state index in [1.165, 1.54) is 0 Å². The molecule has 2 heterocycles. The van der Waals surface area contributed by atoms with Crippen molar-refractivity contribution < 1.29 is 9.84 Å². The fourth-order valence-corrected chi connectivity index (χ4v) is 2.61. The third-order valence-corrected chi connectivity index (χ3v) is 4.12. The maximum absolute atomic E-state index is 12.1. The summed E-state index contributed by atoms with van der Waals surface area (Å²) in [5, 5.41) is 25.1. The Morgan fingerprint density at radius 1 is 1.55 bits per heavy atom. The van der Waals surface area contributed by atoms with Crippen LogP contribution in [0.25, 0.3) is 0 Å². The number of aliphatic hydroxyl groups is 1. The molecule has 1 atom stereocenters. The first-order valence-corrected chi connectivity index (χ1v) is 7.67. The molecule has 116 valence electrons. The van der Waals surface area contributed by atoms with Crippen LogP contribution in [-0.2, 0) is 17.9 Å². The van der Waals surface area contributed by atoms with Crippen LogP contribution in [0.4, 0.5) is 0 Å². The van der Waals surface area contributed by atoms with Gasteiger partial charge < -0.3 is 9.84 Å². The number of ether oxygens (including phenoxy) is 1.